The second-order valence-electron chi connectivity index (χ2n) is 7.98. The van der Waals surface area contributed by atoms with Crippen molar-refractivity contribution in [3.05, 3.63) is 42.3 Å². The van der Waals surface area contributed by atoms with Gasteiger partial charge in [0.25, 0.3) is 0 Å². The van der Waals surface area contributed by atoms with E-state index < -0.39 is 10.0 Å². The lowest BCUT2D eigenvalue weighted by molar-refractivity contribution is 0.393. The first-order valence-corrected chi connectivity index (χ1v) is 11.5. The van der Waals surface area contributed by atoms with Gasteiger partial charge in [-0.2, -0.15) is 5.10 Å². The summed E-state index contributed by atoms with van der Waals surface area (Å²) in [6.07, 6.45) is 10.3. The number of aromatic nitrogens is 5. The number of hydrogen-bond acceptors (Lipinski definition) is 6. The zero-order valence-electron chi connectivity index (χ0n) is 17.2. The molecular weight excluding hydrogens is 402 g/mol. The van der Waals surface area contributed by atoms with Crippen LogP contribution in [0.15, 0.2) is 35.4 Å². The van der Waals surface area contributed by atoms with Crippen LogP contribution in [0.5, 0.6) is 0 Å². The maximum atomic E-state index is 13.5. The maximum Gasteiger partial charge on any atom is 0.241 e. The van der Waals surface area contributed by atoms with Crippen molar-refractivity contribution in [2.24, 2.45) is 7.05 Å². The van der Waals surface area contributed by atoms with Gasteiger partial charge in [-0.15, -0.1) is 0 Å². The molecule has 0 N–H and O–H groups in total. The van der Waals surface area contributed by atoms with Crippen molar-refractivity contribution < 1.29 is 12.9 Å². The lowest BCUT2D eigenvalue weighted by atomic mass is 10.1. The molecule has 4 aromatic heterocycles. The van der Waals surface area contributed by atoms with Gasteiger partial charge in [0.2, 0.25) is 10.0 Å². The fourth-order valence-electron chi connectivity index (χ4n) is 4.44. The Labute approximate surface area is 174 Å². The lowest BCUT2D eigenvalue weighted by Crippen LogP contribution is -2.24. The van der Waals surface area contributed by atoms with E-state index in [1.165, 1.54) is 3.97 Å². The number of pyridine rings is 1. The summed E-state index contributed by atoms with van der Waals surface area (Å²) in [5.74, 6) is 0.679. The highest BCUT2D eigenvalue weighted by Gasteiger charge is 2.32. The van der Waals surface area contributed by atoms with Gasteiger partial charge < -0.3 is 4.52 Å². The molecule has 0 spiro atoms. The van der Waals surface area contributed by atoms with Crippen LogP contribution in [0.3, 0.4) is 0 Å². The van der Waals surface area contributed by atoms with Crippen molar-refractivity contribution in [3.8, 4) is 22.3 Å². The minimum absolute atomic E-state index is 0.363. The van der Waals surface area contributed by atoms with Crippen LogP contribution in [0, 0.1) is 13.8 Å². The van der Waals surface area contributed by atoms with E-state index in [0.717, 1.165) is 40.8 Å². The van der Waals surface area contributed by atoms with Gasteiger partial charge in [0, 0.05) is 47.9 Å². The summed E-state index contributed by atoms with van der Waals surface area (Å²) in [4.78, 5) is 4.67. The molecule has 0 saturated heterocycles. The van der Waals surface area contributed by atoms with Gasteiger partial charge in [-0.3, -0.25) is 9.67 Å². The predicted octanol–water partition coefficient (Wildman–Crippen LogP) is 3.83. The van der Waals surface area contributed by atoms with Gasteiger partial charge in [-0.1, -0.05) is 18.0 Å². The van der Waals surface area contributed by atoms with E-state index in [0.29, 0.717) is 29.6 Å². The largest absolute Gasteiger partial charge is 0.361 e. The van der Waals surface area contributed by atoms with E-state index in [4.69, 9.17) is 4.52 Å². The molecule has 156 valence electrons. The Bertz CT molecular complexity index is 1340. The van der Waals surface area contributed by atoms with Crippen LogP contribution in [0.1, 0.15) is 37.1 Å². The third-order valence-electron chi connectivity index (χ3n) is 5.94. The third kappa shape index (κ3) is 2.87. The first-order valence-electron chi connectivity index (χ1n) is 10.0. The lowest BCUT2D eigenvalue weighted by Gasteiger charge is -2.13. The van der Waals surface area contributed by atoms with Gasteiger partial charge >= 0.3 is 0 Å². The molecular formula is C21H23N5O3S. The Balaban J connectivity index is 1.78. The van der Waals surface area contributed by atoms with Crippen molar-refractivity contribution in [2.75, 3.05) is 0 Å². The maximum absolute atomic E-state index is 13.5. The van der Waals surface area contributed by atoms with Crippen molar-refractivity contribution in [3.63, 3.8) is 0 Å². The van der Waals surface area contributed by atoms with Gasteiger partial charge in [0.05, 0.1) is 28.2 Å². The van der Waals surface area contributed by atoms with Crippen LogP contribution in [-0.2, 0) is 17.1 Å². The molecule has 0 aliphatic heterocycles. The summed E-state index contributed by atoms with van der Waals surface area (Å²) in [7, 11) is -1.71. The average Bonchev–Trinajstić information content (AvgIpc) is 3.48. The van der Waals surface area contributed by atoms with Crippen LogP contribution in [0.2, 0.25) is 0 Å². The van der Waals surface area contributed by atoms with Crippen LogP contribution in [0.25, 0.3) is 33.3 Å². The number of hydrogen-bond donors (Lipinski definition) is 0. The van der Waals surface area contributed by atoms with Crippen LogP contribution in [0.4, 0.5) is 0 Å². The van der Waals surface area contributed by atoms with Gasteiger partial charge in [-0.25, -0.2) is 12.4 Å². The number of aryl methyl sites for hydroxylation is 3. The first kappa shape index (κ1) is 19.0. The Morgan fingerprint density at radius 2 is 1.87 bits per heavy atom. The Morgan fingerprint density at radius 3 is 2.50 bits per heavy atom. The minimum Gasteiger partial charge on any atom is -0.361 e. The summed E-state index contributed by atoms with van der Waals surface area (Å²) < 4.78 is 35.5. The average molecular weight is 426 g/mol. The molecule has 1 fully saturated rings. The zero-order valence-corrected chi connectivity index (χ0v) is 18.0. The van der Waals surface area contributed by atoms with E-state index >= 15 is 0 Å². The van der Waals surface area contributed by atoms with Crippen molar-refractivity contribution in [1.82, 2.24) is 23.9 Å². The molecule has 0 aromatic carbocycles. The number of rotatable bonds is 4. The summed E-state index contributed by atoms with van der Waals surface area (Å²) in [6.45, 7) is 3.71. The molecule has 0 radical (unpaired) electrons. The monoisotopic (exact) mass is 425 g/mol. The standard InChI is InChI=1S/C21H23N5O3S/c1-13-20(14(2)29-24-13)15-8-19-21(22-9-15)18(16-10-23-25(3)11-16)12-26(19)30(27,28)17-6-4-5-7-17/h8-12,17H,4-7H2,1-3H3. The SMILES string of the molecule is Cc1noc(C)c1-c1cnc2c(-c3cnn(C)c3)cn(S(=O)(=O)C3CCCC3)c2c1. The molecule has 1 aliphatic rings. The molecule has 1 aliphatic carbocycles. The smallest absolute Gasteiger partial charge is 0.241 e. The van der Waals surface area contributed by atoms with E-state index in [2.05, 4.69) is 15.2 Å². The topological polar surface area (TPSA) is 95.8 Å². The fourth-order valence-corrected chi connectivity index (χ4v) is 6.35. The highest BCUT2D eigenvalue weighted by Crippen LogP contribution is 2.36. The van der Waals surface area contributed by atoms with Gasteiger partial charge in [-0.05, 0) is 32.8 Å². The zero-order chi connectivity index (χ0) is 21.0. The van der Waals surface area contributed by atoms with E-state index in [1.54, 1.807) is 23.3 Å². The molecule has 8 nitrogen and oxygen atoms in total. The predicted molar refractivity (Wildman–Crippen MR) is 113 cm³/mol. The molecule has 9 heteroatoms. The minimum atomic E-state index is -3.54. The van der Waals surface area contributed by atoms with E-state index in [1.807, 2.05) is 33.2 Å². The summed E-state index contributed by atoms with van der Waals surface area (Å²) in [5, 5.41) is 7.90. The highest BCUT2D eigenvalue weighted by molar-refractivity contribution is 7.90. The molecule has 5 rings (SSSR count). The summed E-state index contributed by atoms with van der Waals surface area (Å²) in [6, 6.07) is 1.88. The molecule has 0 unspecified atom stereocenters. The Morgan fingerprint density at radius 1 is 1.10 bits per heavy atom. The van der Waals surface area contributed by atoms with Gasteiger partial charge in [0.15, 0.2) is 0 Å². The normalized spacial score (nSPS) is 15.4. The number of fused-ring (bicyclic) bond motifs is 1. The molecule has 4 aromatic rings. The van der Waals surface area contributed by atoms with Crippen molar-refractivity contribution >= 4 is 21.1 Å². The molecule has 0 amide bonds. The second-order valence-corrected chi connectivity index (χ2v) is 10.1. The summed E-state index contributed by atoms with van der Waals surface area (Å²) in [5.41, 5.74) is 5.18. The van der Waals surface area contributed by atoms with E-state index in [-0.39, 0.29) is 5.25 Å². The Hall–Kier alpha value is -2.94. The molecule has 0 atom stereocenters. The quantitative estimate of drug-likeness (QED) is 0.493. The van der Waals surface area contributed by atoms with Crippen molar-refractivity contribution in [2.45, 2.75) is 44.8 Å². The van der Waals surface area contributed by atoms with Crippen LogP contribution < -0.4 is 0 Å². The molecule has 0 bridgehead atoms. The molecule has 30 heavy (non-hydrogen) atoms. The Kier molecular flexibility index (Phi) is 4.32. The van der Waals surface area contributed by atoms with Crippen LogP contribution in [-0.4, -0.2) is 37.6 Å². The second kappa shape index (κ2) is 6.80. The molecule has 4 heterocycles. The van der Waals surface area contributed by atoms with Crippen LogP contribution >= 0.6 is 0 Å². The summed E-state index contributed by atoms with van der Waals surface area (Å²) >= 11 is 0. The fraction of sp³-hybridized carbons (Fsp3) is 0.381. The number of nitrogens with zero attached hydrogens (tertiary/aromatic N) is 5. The first-order chi connectivity index (χ1) is 14.4. The highest BCUT2D eigenvalue weighted by atomic mass is 32.2. The van der Waals surface area contributed by atoms with Crippen molar-refractivity contribution in [1.29, 1.82) is 0 Å². The van der Waals surface area contributed by atoms with Gasteiger partial charge in [0.1, 0.15) is 5.76 Å². The van der Waals surface area contributed by atoms with E-state index in [9.17, 15) is 8.42 Å². The molecule has 1 saturated carbocycles. The third-order valence-corrected chi connectivity index (χ3v) is 8.11.